The van der Waals surface area contributed by atoms with Crippen LogP contribution in [0, 0.1) is 0 Å². The molecular weight excluding hydrogens is 276 g/mol. The van der Waals surface area contributed by atoms with Crippen molar-refractivity contribution in [2.75, 3.05) is 33.4 Å². The Kier molecular flexibility index (Phi) is 7.12. The van der Waals surface area contributed by atoms with Gasteiger partial charge in [-0.3, -0.25) is 4.79 Å². The lowest BCUT2D eigenvalue weighted by Crippen LogP contribution is -2.49. The van der Waals surface area contributed by atoms with Crippen LogP contribution in [0.25, 0.3) is 0 Å². The number of nitrogens with one attached hydrogen (secondary N) is 1. The van der Waals surface area contributed by atoms with Crippen molar-refractivity contribution in [2.45, 2.75) is 12.3 Å². The standard InChI is InChI=1S/C9H14F4N2O4/c1-19-3-2-15(4-6(16)17)8(18)14-5-9(12,13)7(10)11/h7H,2-5H2,1H3,(H,14,18)(H,16,17). The third-order valence-electron chi connectivity index (χ3n) is 1.97. The lowest BCUT2D eigenvalue weighted by atomic mass is 10.3. The second-order valence-electron chi connectivity index (χ2n) is 3.53. The molecule has 19 heavy (non-hydrogen) atoms. The topological polar surface area (TPSA) is 78.9 Å². The Hall–Kier alpha value is -1.58. The molecule has 0 atom stereocenters. The summed E-state index contributed by atoms with van der Waals surface area (Å²) in [6.45, 7) is -2.52. The second-order valence-corrected chi connectivity index (χ2v) is 3.53. The summed E-state index contributed by atoms with van der Waals surface area (Å²) in [6.07, 6.45) is -3.92. The lowest BCUT2D eigenvalue weighted by Gasteiger charge is -2.22. The van der Waals surface area contributed by atoms with Gasteiger partial charge in [0.25, 0.3) is 0 Å². The van der Waals surface area contributed by atoms with Gasteiger partial charge in [-0.1, -0.05) is 0 Å². The van der Waals surface area contributed by atoms with Crippen LogP contribution in [0.4, 0.5) is 22.4 Å². The van der Waals surface area contributed by atoms with Crippen molar-refractivity contribution in [3.8, 4) is 0 Å². The maximum Gasteiger partial charge on any atom is 0.324 e. The first-order valence-electron chi connectivity index (χ1n) is 5.10. The van der Waals surface area contributed by atoms with Crippen molar-refractivity contribution in [1.29, 1.82) is 0 Å². The van der Waals surface area contributed by atoms with Crippen LogP contribution in [-0.4, -0.2) is 67.7 Å². The van der Waals surface area contributed by atoms with Crippen molar-refractivity contribution in [3.05, 3.63) is 0 Å². The van der Waals surface area contributed by atoms with Crippen LogP contribution in [0.3, 0.4) is 0 Å². The Morgan fingerprint density at radius 1 is 1.42 bits per heavy atom. The summed E-state index contributed by atoms with van der Waals surface area (Å²) in [4.78, 5) is 22.5. The van der Waals surface area contributed by atoms with Crippen LogP contribution in [0.2, 0.25) is 0 Å². The van der Waals surface area contributed by atoms with Crippen LogP contribution >= 0.6 is 0 Å². The Morgan fingerprint density at radius 3 is 2.42 bits per heavy atom. The maximum atomic E-state index is 12.6. The molecule has 6 nitrogen and oxygen atoms in total. The van der Waals surface area contributed by atoms with E-state index in [1.807, 2.05) is 0 Å². The van der Waals surface area contributed by atoms with E-state index in [2.05, 4.69) is 4.74 Å². The third kappa shape index (κ3) is 6.79. The Balaban J connectivity index is 4.42. The van der Waals surface area contributed by atoms with Gasteiger partial charge < -0.3 is 20.1 Å². The Bertz CT molecular complexity index is 315. The van der Waals surface area contributed by atoms with Gasteiger partial charge in [0.05, 0.1) is 13.2 Å². The van der Waals surface area contributed by atoms with E-state index in [1.54, 1.807) is 5.32 Å². The van der Waals surface area contributed by atoms with E-state index in [4.69, 9.17) is 5.11 Å². The van der Waals surface area contributed by atoms with E-state index in [-0.39, 0.29) is 13.2 Å². The van der Waals surface area contributed by atoms with Crippen LogP contribution in [0.1, 0.15) is 0 Å². The van der Waals surface area contributed by atoms with E-state index in [0.717, 1.165) is 0 Å². The van der Waals surface area contributed by atoms with Gasteiger partial charge in [-0.15, -0.1) is 0 Å². The molecule has 0 unspecified atom stereocenters. The molecule has 0 fully saturated rings. The largest absolute Gasteiger partial charge is 0.480 e. The molecule has 2 amide bonds. The molecule has 0 saturated heterocycles. The minimum atomic E-state index is -4.37. The highest BCUT2D eigenvalue weighted by Gasteiger charge is 2.41. The summed E-state index contributed by atoms with van der Waals surface area (Å²) < 4.78 is 53.4. The monoisotopic (exact) mass is 290 g/mol. The van der Waals surface area contributed by atoms with Crippen molar-refractivity contribution >= 4 is 12.0 Å². The summed E-state index contributed by atoms with van der Waals surface area (Å²) in [6, 6.07) is -1.18. The highest BCUT2D eigenvalue weighted by molar-refractivity contribution is 5.80. The Morgan fingerprint density at radius 2 is 2.00 bits per heavy atom. The van der Waals surface area contributed by atoms with Crippen LogP contribution in [-0.2, 0) is 9.53 Å². The van der Waals surface area contributed by atoms with Crippen molar-refractivity contribution in [1.82, 2.24) is 10.2 Å². The van der Waals surface area contributed by atoms with Gasteiger partial charge in [-0.2, -0.15) is 8.78 Å². The maximum absolute atomic E-state index is 12.6. The Labute approximate surface area is 106 Å². The summed E-state index contributed by atoms with van der Waals surface area (Å²) in [5.74, 6) is -5.74. The van der Waals surface area contributed by atoms with Crippen LogP contribution in [0.15, 0.2) is 0 Å². The van der Waals surface area contributed by atoms with Crippen molar-refractivity contribution in [3.63, 3.8) is 0 Å². The number of halogens is 4. The number of carbonyl (C=O) groups is 2. The molecule has 0 aliphatic rings. The fourth-order valence-electron chi connectivity index (χ4n) is 1.000. The highest BCUT2D eigenvalue weighted by atomic mass is 19.3. The number of carbonyl (C=O) groups excluding carboxylic acids is 1. The van der Waals surface area contributed by atoms with Gasteiger partial charge in [0.2, 0.25) is 0 Å². The molecule has 0 aromatic rings. The molecule has 10 heteroatoms. The summed E-state index contributed by atoms with van der Waals surface area (Å²) in [7, 11) is 1.29. The van der Waals surface area contributed by atoms with E-state index in [0.29, 0.717) is 4.90 Å². The zero-order valence-corrected chi connectivity index (χ0v) is 10.0. The predicted octanol–water partition coefficient (Wildman–Crippen LogP) is 0.629. The second kappa shape index (κ2) is 7.77. The molecule has 0 aliphatic heterocycles. The number of amides is 2. The van der Waals surface area contributed by atoms with E-state index < -0.39 is 37.4 Å². The molecule has 2 N–H and O–H groups in total. The molecule has 0 aromatic carbocycles. The van der Waals surface area contributed by atoms with Crippen molar-refractivity contribution in [2.24, 2.45) is 0 Å². The smallest absolute Gasteiger partial charge is 0.324 e. The first-order valence-corrected chi connectivity index (χ1v) is 5.10. The molecule has 0 spiro atoms. The molecule has 0 heterocycles. The number of hydrogen-bond donors (Lipinski definition) is 2. The molecule has 0 aliphatic carbocycles. The molecule has 0 bridgehead atoms. The lowest BCUT2D eigenvalue weighted by molar-refractivity contribution is -0.137. The number of urea groups is 1. The minimum Gasteiger partial charge on any atom is -0.480 e. The van der Waals surface area contributed by atoms with E-state index in [9.17, 15) is 27.2 Å². The number of carboxylic acid groups (broad SMARTS) is 1. The molecule has 0 rings (SSSR count). The van der Waals surface area contributed by atoms with Gasteiger partial charge in [0.1, 0.15) is 6.54 Å². The molecular formula is C9H14F4N2O4. The number of methoxy groups -OCH3 is 1. The first kappa shape index (κ1) is 17.4. The summed E-state index contributed by atoms with van der Waals surface area (Å²) in [5.41, 5.74) is 0. The number of hydrogen-bond acceptors (Lipinski definition) is 3. The molecule has 112 valence electrons. The molecule has 0 aromatic heterocycles. The summed E-state index contributed by atoms with van der Waals surface area (Å²) >= 11 is 0. The number of rotatable bonds is 8. The molecule has 0 saturated carbocycles. The molecule has 0 radical (unpaired) electrons. The highest BCUT2D eigenvalue weighted by Crippen LogP contribution is 2.21. The average Bonchev–Trinajstić information content (AvgIpc) is 2.30. The normalized spacial score (nSPS) is 11.5. The minimum absolute atomic E-state index is 0.0219. The number of carboxylic acids is 1. The van der Waals surface area contributed by atoms with Gasteiger partial charge in [-0.05, 0) is 0 Å². The quantitative estimate of drug-likeness (QED) is 0.643. The predicted molar refractivity (Wildman–Crippen MR) is 55.4 cm³/mol. The van der Waals surface area contributed by atoms with Gasteiger partial charge in [-0.25, -0.2) is 13.6 Å². The van der Waals surface area contributed by atoms with Gasteiger partial charge >= 0.3 is 24.3 Å². The number of aliphatic carboxylic acids is 1. The zero-order chi connectivity index (χ0) is 15.1. The van der Waals surface area contributed by atoms with E-state index in [1.165, 1.54) is 7.11 Å². The average molecular weight is 290 g/mol. The van der Waals surface area contributed by atoms with Gasteiger partial charge in [0, 0.05) is 13.7 Å². The fraction of sp³-hybridized carbons (Fsp3) is 0.778. The van der Waals surface area contributed by atoms with Crippen LogP contribution in [0.5, 0.6) is 0 Å². The third-order valence-corrected chi connectivity index (χ3v) is 1.97. The fourth-order valence-corrected chi connectivity index (χ4v) is 1.000. The van der Waals surface area contributed by atoms with Crippen molar-refractivity contribution < 1.29 is 37.0 Å². The first-order chi connectivity index (χ1) is 8.70. The van der Waals surface area contributed by atoms with Gasteiger partial charge in [0.15, 0.2) is 0 Å². The number of ether oxygens (including phenoxy) is 1. The summed E-state index contributed by atoms with van der Waals surface area (Å²) in [5, 5.41) is 10.1. The number of nitrogens with zero attached hydrogens (tertiary/aromatic N) is 1. The zero-order valence-electron chi connectivity index (χ0n) is 10.0. The number of alkyl halides is 4. The van der Waals surface area contributed by atoms with E-state index >= 15 is 0 Å². The SMILES string of the molecule is COCCN(CC(=O)O)C(=O)NCC(F)(F)C(F)F. The van der Waals surface area contributed by atoms with Crippen LogP contribution < -0.4 is 5.32 Å².